The summed E-state index contributed by atoms with van der Waals surface area (Å²) in [5.74, 6) is -0.0656. The number of carbonyl (C=O) groups excluding carboxylic acids is 1. The van der Waals surface area contributed by atoms with Crippen molar-refractivity contribution >= 4 is 43.1 Å². The van der Waals surface area contributed by atoms with Crippen LogP contribution in [0.4, 0.5) is 0 Å². The van der Waals surface area contributed by atoms with Crippen LogP contribution in [0.5, 0.6) is 0 Å². The molecule has 0 aliphatic carbocycles. The summed E-state index contributed by atoms with van der Waals surface area (Å²) in [6.45, 7) is 7.25. The predicted molar refractivity (Wildman–Crippen MR) is 128 cm³/mol. The summed E-state index contributed by atoms with van der Waals surface area (Å²) in [6.07, 6.45) is 6.10. The number of rotatable bonds is 5. The van der Waals surface area contributed by atoms with E-state index in [-0.39, 0.29) is 48.7 Å². The maximum Gasteiger partial charge on any atom is 0.241 e. The van der Waals surface area contributed by atoms with Gasteiger partial charge in [-0.15, -0.1) is 37.2 Å². The van der Waals surface area contributed by atoms with Crippen LogP contribution < -0.4 is 11.1 Å². The molecule has 3 N–H and O–H groups in total. The second-order valence-corrected chi connectivity index (χ2v) is 8.18. The molecule has 1 amide bonds. The molecular weight excluding hydrogens is 431 g/mol. The van der Waals surface area contributed by atoms with Crippen molar-refractivity contribution in [3.05, 3.63) is 35.4 Å². The van der Waals surface area contributed by atoms with Gasteiger partial charge in [0.2, 0.25) is 5.91 Å². The zero-order valence-corrected chi connectivity index (χ0v) is 20.0. The van der Waals surface area contributed by atoms with Gasteiger partial charge in [-0.3, -0.25) is 9.69 Å². The van der Waals surface area contributed by atoms with E-state index >= 15 is 0 Å². The molecule has 2 fully saturated rings. The summed E-state index contributed by atoms with van der Waals surface area (Å²) >= 11 is 0. The van der Waals surface area contributed by atoms with E-state index in [9.17, 15) is 4.79 Å². The second kappa shape index (κ2) is 13.0. The lowest BCUT2D eigenvalue weighted by Crippen LogP contribution is -2.61. The number of nitrogens with zero attached hydrogens (tertiary/aromatic N) is 2. The van der Waals surface area contributed by atoms with Gasteiger partial charge in [0, 0.05) is 12.1 Å². The maximum absolute atomic E-state index is 12.7. The smallest absolute Gasteiger partial charge is 0.241 e. The Morgan fingerprint density at radius 1 is 1.03 bits per heavy atom. The van der Waals surface area contributed by atoms with Gasteiger partial charge in [0.1, 0.15) is 6.04 Å². The Morgan fingerprint density at radius 2 is 1.59 bits per heavy atom. The number of aryl methyl sites for hydroxylation is 1. The molecule has 0 aromatic heterocycles. The number of hydrogen-bond acceptors (Lipinski definition) is 4. The first-order valence-corrected chi connectivity index (χ1v) is 10.0. The zero-order valence-electron chi connectivity index (χ0n) is 17.6. The summed E-state index contributed by atoms with van der Waals surface area (Å²) in [6, 6.07) is 7.33. The quantitative estimate of drug-likeness (QED) is 0.697. The number of amides is 1. The minimum Gasteiger partial charge on any atom is -0.353 e. The van der Waals surface area contributed by atoms with Crippen molar-refractivity contribution in [1.82, 2.24) is 15.1 Å². The molecule has 0 saturated carbocycles. The Morgan fingerprint density at radius 3 is 2.14 bits per heavy atom. The number of halogens is 3. The summed E-state index contributed by atoms with van der Waals surface area (Å²) in [5.41, 5.74) is 8.36. The SMILES string of the molecule is Cc1ccc(C(N)C(=O)NCC2(N3CCCCC3)CCN(C)CC2)cc1.Cl.Cl.Cl. The highest BCUT2D eigenvalue weighted by molar-refractivity contribution is 5.86. The van der Waals surface area contributed by atoms with Crippen molar-refractivity contribution in [3.63, 3.8) is 0 Å². The van der Waals surface area contributed by atoms with Crippen molar-refractivity contribution in [3.8, 4) is 0 Å². The Balaban J connectivity index is 0.00000261. The number of nitrogens with two attached hydrogens (primary N) is 1. The molecule has 168 valence electrons. The molecule has 1 aromatic rings. The topological polar surface area (TPSA) is 61.6 Å². The lowest BCUT2D eigenvalue weighted by atomic mass is 9.84. The molecule has 0 spiro atoms. The summed E-state index contributed by atoms with van der Waals surface area (Å²) in [7, 11) is 2.19. The van der Waals surface area contributed by atoms with Crippen molar-refractivity contribution in [1.29, 1.82) is 0 Å². The lowest BCUT2D eigenvalue weighted by Gasteiger charge is -2.50. The fraction of sp³-hybridized carbons (Fsp3) is 0.667. The molecule has 2 aliphatic heterocycles. The van der Waals surface area contributed by atoms with Gasteiger partial charge in [-0.25, -0.2) is 0 Å². The van der Waals surface area contributed by atoms with Gasteiger partial charge >= 0.3 is 0 Å². The van der Waals surface area contributed by atoms with E-state index < -0.39 is 6.04 Å². The third kappa shape index (κ3) is 7.27. The lowest BCUT2D eigenvalue weighted by molar-refractivity contribution is -0.123. The Labute approximate surface area is 194 Å². The van der Waals surface area contributed by atoms with Gasteiger partial charge in [0.05, 0.1) is 0 Å². The monoisotopic (exact) mass is 466 g/mol. The third-order valence-electron chi connectivity index (χ3n) is 6.26. The third-order valence-corrected chi connectivity index (χ3v) is 6.26. The highest BCUT2D eigenvalue weighted by Crippen LogP contribution is 2.31. The molecule has 1 unspecified atom stereocenters. The molecule has 2 saturated heterocycles. The molecule has 0 bridgehead atoms. The van der Waals surface area contributed by atoms with Gasteiger partial charge in [0.25, 0.3) is 0 Å². The Kier molecular flexibility index (Phi) is 12.7. The van der Waals surface area contributed by atoms with Gasteiger partial charge < -0.3 is 16.0 Å². The number of likely N-dealkylation sites (tertiary alicyclic amines) is 2. The van der Waals surface area contributed by atoms with Crippen LogP contribution in [-0.2, 0) is 4.79 Å². The molecule has 3 rings (SSSR count). The van der Waals surface area contributed by atoms with Crippen LogP contribution in [-0.4, -0.2) is 61.0 Å². The standard InChI is InChI=1S/C21H34N4O.3ClH/c1-17-6-8-18(9-7-17)19(22)20(26)23-16-21(10-14-24(2)15-11-21)25-12-4-3-5-13-25;;;/h6-9,19H,3-5,10-16,22H2,1-2H3,(H,23,26);3*1H. The van der Waals surface area contributed by atoms with E-state index in [0.29, 0.717) is 6.54 Å². The Bertz CT molecular complexity index is 600. The van der Waals surface area contributed by atoms with Crippen LogP contribution in [0, 0.1) is 6.92 Å². The maximum atomic E-state index is 12.7. The van der Waals surface area contributed by atoms with Crippen LogP contribution in [0.2, 0.25) is 0 Å². The number of nitrogens with one attached hydrogen (secondary N) is 1. The van der Waals surface area contributed by atoms with E-state index in [0.717, 1.165) is 44.6 Å². The fourth-order valence-electron chi connectivity index (χ4n) is 4.29. The van der Waals surface area contributed by atoms with Gasteiger partial charge in [-0.1, -0.05) is 36.2 Å². The first-order valence-electron chi connectivity index (χ1n) is 10.0. The average Bonchev–Trinajstić information content (AvgIpc) is 2.68. The number of benzene rings is 1. The summed E-state index contributed by atoms with van der Waals surface area (Å²) < 4.78 is 0. The number of piperidine rings is 2. The Hall–Kier alpha value is -0.560. The van der Waals surface area contributed by atoms with Crippen molar-refractivity contribution in [2.75, 3.05) is 39.8 Å². The first kappa shape index (κ1) is 28.4. The van der Waals surface area contributed by atoms with Crippen LogP contribution in [0.25, 0.3) is 0 Å². The van der Waals surface area contributed by atoms with E-state index in [1.807, 2.05) is 31.2 Å². The minimum absolute atomic E-state index is 0. The molecule has 1 atom stereocenters. The molecule has 8 heteroatoms. The molecule has 0 radical (unpaired) electrons. The van der Waals surface area contributed by atoms with E-state index in [4.69, 9.17) is 5.73 Å². The molecule has 2 aliphatic rings. The largest absolute Gasteiger partial charge is 0.353 e. The minimum atomic E-state index is -0.597. The zero-order chi connectivity index (χ0) is 18.6. The second-order valence-electron chi connectivity index (χ2n) is 8.18. The van der Waals surface area contributed by atoms with E-state index in [2.05, 4.69) is 22.2 Å². The van der Waals surface area contributed by atoms with Crippen LogP contribution in [0.3, 0.4) is 0 Å². The van der Waals surface area contributed by atoms with Crippen molar-refractivity contribution in [2.24, 2.45) is 5.73 Å². The molecule has 29 heavy (non-hydrogen) atoms. The van der Waals surface area contributed by atoms with Crippen molar-refractivity contribution in [2.45, 2.75) is 50.6 Å². The van der Waals surface area contributed by atoms with Crippen molar-refractivity contribution < 1.29 is 4.79 Å². The van der Waals surface area contributed by atoms with Crippen LogP contribution in [0.15, 0.2) is 24.3 Å². The van der Waals surface area contributed by atoms with E-state index in [1.165, 1.54) is 24.8 Å². The first-order chi connectivity index (χ1) is 12.5. The fourth-order valence-corrected chi connectivity index (χ4v) is 4.29. The number of hydrogen-bond donors (Lipinski definition) is 2. The molecule has 5 nitrogen and oxygen atoms in total. The van der Waals surface area contributed by atoms with Gasteiger partial charge in [0.15, 0.2) is 0 Å². The molecule has 1 aromatic carbocycles. The van der Waals surface area contributed by atoms with Crippen LogP contribution in [0.1, 0.15) is 49.3 Å². The van der Waals surface area contributed by atoms with Crippen LogP contribution >= 0.6 is 37.2 Å². The molecule has 2 heterocycles. The van der Waals surface area contributed by atoms with Gasteiger partial charge in [-0.05, 0) is 71.4 Å². The van der Waals surface area contributed by atoms with Gasteiger partial charge in [-0.2, -0.15) is 0 Å². The normalized spacial score (nSPS) is 20.4. The number of carbonyl (C=O) groups is 1. The highest BCUT2D eigenvalue weighted by atomic mass is 35.5. The molecular formula is C21H37Cl3N4O. The van der Waals surface area contributed by atoms with E-state index in [1.54, 1.807) is 0 Å². The summed E-state index contributed by atoms with van der Waals surface area (Å²) in [4.78, 5) is 17.7. The summed E-state index contributed by atoms with van der Waals surface area (Å²) in [5, 5.41) is 3.19. The highest BCUT2D eigenvalue weighted by Gasteiger charge is 2.40. The predicted octanol–water partition coefficient (Wildman–Crippen LogP) is 3.33. The average molecular weight is 468 g/mol.